The van der Waals surface area contributed by atoms with Gasteiger partial charge in [-0.25, -0.2) is 4.98 Å². The van der Waals surface area contributed by atoms with E-state index in [1.807, 2.05) is 0 Å². The third kappa shape index (κ3) is 2.99. The molecule has 1 atom stereocenters. The molecule has 1 saturated heterocycles. The van der Waals surface area contributed by atoms with E-state index in [0.717, 1.165) is 38.4 Å². The summed E-state index contributed by atoms with van der Waals surface area (Å²) in [6.07, 6.45) is 2.24. The van der Waals surface area contributed by atoms with E-state index in [-0.39, 0.29) is 11.7 Å². The van der Waals surface area contributed by atoms with Gasteiger partial charge in [-0.3, -0.25) is 9.36 Å². The lowest BCUT2D eigenvalue weighted by atomic mass is 10.2. The molecular weight excluding hydrogens is 266 g/mol. The molecule has 1 saturated carbocycles. The van der Waals surface area contributed by atoms with Crippen LogP contribution in [0.2, 0.25) is 5.15 Å². The van der Waals surface area contributed by atoms with Gasteiger partial charge in [-0.05, 0) is 19.9 Å². The number of hydrogen-bond donors (Lipinski definition) is 0. The standard InChI is InChI=1S/C13H18ClN3O2/c1-16-4-5-19-10(7-16)8-17-12(18)6-11(14)15-13(17)9-2-3-9/h6,9-10H,2-5,7-8H2,1H3. The zero-order valence-corrected chi connectivity index (χ0v) is 11.8. The lowest BCUT2D eigenvalue weighted by Crippen LogP contribution is -2.43. The Morgan fingerprint density at radius 1 is 1.53 bits per heavy atom. The first-order chi connectivity index (χ1) is 9.13. The molecule has 0 spiro atoms. The number of likely N-dealkylation sites (N-methyl/N-ethyl adjacent to an activating group) is 1. The highest BCUT2D eigenvalue weighted by molar-refractivity contribution is 6.29. The Morgan fingerprint density at radius 2 is 2.32 bits per heavy atom. The maximum absolute atomic E-state index is 12.1. The van der Waals surface area contributed by atoms with Gasteiger partial charge in [0.15, 0.2) is 0 Å². The Labute approximate surface area is 117 Å². The van der Waals surface area contributed by atoms with Gasteiger partial charge < -0.3 is 9.64 Å². The van der Waals surface area contributed by atoms with Gasteiger partial charge in [0.2, 0.25) is 0 Å². The van der Waals surface area contributed by atoms with Gasteiger partial charge in [0, 0.05) is 25.1 Å². The molecule has 0 aromatic carbocycles. The summed E-state index contributed by atoms with van der Waals surface area (Å²) in [6, 6.07) is 1.39. The van der Waals surface area contributed by atoms with Gasteiger partial charge in [0.1, 0.15) is 11.0 Å². The van der Waals surface area contributed by atoms with Gasteiger partial charge in [-0.2, -0.15) is 0 Å². The summed E-state index contributed by atoms with van der Waals surface area (Å²) in [5, 5.41) is 0.296. The second kappa shape index (κ2) is 5.23. The minimum atomic E-state index is -0.0706. The molecule has 1 aliphatic heterocycles. The third-order valence-corrected chi connectivity index (χ3v) is 3.87. The molecule has 2 fully saturated rings. The first-order valence-corrected chi connectivity index (χ1v) is 7.08. The van der Waals surface area contributed by atoms with E-state index in [4.69, 9.17) is 16.3 Å². The number of aromatic nitrogens is 2. The maximum Gasteiger partial charge on any atom is 0.255 e. The zero-order valence-electron chi connectivity index (χ0n) is 11.0. The van der Waals surface area contributed by atoms with Crippen molar-refractivity contribution in [2.24, 2.45) is 0 Å². The number of halogens is 1. The highest BCUT2D eigenvalue weighted by Gasteiger charge is 2.30. The van der Waals surface area contributed by atoms with Gasteiger partial charge in [-0.1, -0.05) is 11.6 Å². The molecule has 1 aliphatic carbocycles. The number of morpholine rings is 1. The highest BCUT2D eigenvalue weighted by Crippen LogP contribution is 2.38. The second-order valence-corrected chi connectivity index (χ2v) is 5.80. The summed E-state index contributed by atoms with van der Waals surface area (Å²) in [5.74, 6) is 1.22. The number of ether oxygens (including phenoxy) is 1. The van der Waals surface area contributed by atoms with Crippen LogP contribution in [0.3, 0.4) is 0 Å². The minimum absolute atomic E-state index is 0.0527. The van der Waals surface area contributed by atoms with Crippen LogP contribution in [0.5, 0.6) is 0 Å². The summed E-state index contributed by atoms with van der Waals surface area (Å²) >= 11 is 5.90. The third-order valence-electron chi connectivity index (χ3n) is 3.68. The normalized spacial score (nSPS) is 24.6. The van der Waals surface area contributed by atoms with Gasteiger partial charge >= 0.3 is 0 Å². The number of nitrogens with zero attached hydrogens (tertiary/aromatic N) is 3. The van der Waals surface area contributed by atoms with E-state index in [1.165, 1.54) is 6.07 Å². The molecule has 3 rings (SSSR count). The molecule has 1 aromatic heterocycles. The van der Waals surface area contributed by atoms with Crippen LogP contribution in [-0.2, 0) is 11.3 Å². The van der Waals surface area contributed by atoms with Gasteiger partial charge in [-0.15, -0.1) is 0 Å². The molecule has 1 unspecified atom stereocenters. The summed E-state index contributed by atoms with van der Waals surface area (Å²) < 4.78 is 7.47. The van der Waals surface area contributed by atoms with E-state index in [2.05, 4.69) is 16.9 Å². The highest BCUT2D eigenvalue weighted by atomic mass is 35.5. The van der Waals surface area contributed by atoms with E-state index in [9.17, 15) is 4.79 Å². The molecule has 5 nitrogen and oxygen atoms in total. The molecule has 2 heterocycles. The monoisotopic (exact) mass is 283 g/mol. The average Bonchev–Trinajstić information content (AvgIpc) is 3.16. The molecule has 0 bridgehead atoms. The second-order valence-electron chi connectivity index (χ2n) is 5.42. The van der Waals surface area contributed by atoms with Crippen LogP contribution in [0.1, 0.15) is 24.6 Å². The van der Waals surface area contributed by atoms with Crippen LogP contribution in [0.25, 0.3) is 0 Å². The SMILES string of the molecule is CN1CCOC(Cn2c(C3CC3)nc(Cl)cc2=O)C1. The van der Waals surface area contributed by atoms with Crippen molar-refractivity contribution >= 4 is 11.6 Å². The van der Waals surface area contributed by atoms with Crippen LogP contribution in [-0.4, -0.2) is 47.3 Å². The van der Waals surface area contributed by atoms with Gasteiger partial charge in [0.25, 0.3) is 5.56 Å². The molecular formula is C13H18ClN3O2. The summed E-state index contributed by atoms with van der Waals surface area (Å²) in [6.45, 7) is 3.08. The van der Waals surface area contributed by atoms with Crippen LogP contribution in [0, 0.1) is 0 Å². The lowest BCUT2D eigenvalue weighted by molar-refractivity contribution is -0.0284. The molecule has 6 heteroatoms. The lowest BCUT2D eigenvalue weighted by Gasteiger charge is -2.30. The Balaban J connectivity index is 1.85. The summed E-state index contributed by atoms with van der Waals surface area (Å²) in [4.78, 5) is 18.7. The van der Waals surface area contributed by atoms with E-state index < -0.39 is 0 Å². The van der Waals surface area contributed by atoms with Crippen molar-refractivity contribution in [1.82, 2.24) is 14.5 Å². The van der Waals surface area contributed by atoms with Crippen molar-refractivity contribution in [1.29, 1.82) is 0 Å². The molecule has 1 aromatic rings. The van der Waals surface area contributed by atoms with Crippen molar-refractivity contribution in [2.75, 3.05) is 26.7 Å². The minimum Gasteiger partial charge on any atom is -0.374 e. The fourth-order valence-corrected chi connectivity index (χ4v) is 2.69. The summed E-state index contributed by atoms with van der Waals surface area (Å²) in [5.41, 5.74) is -0.0706. The smallest absolute Gasteiger partial charge is 0.255 e. The van der Waals surface area contributed by atoms with E-state index in [1.54, 1.807) is 4.57 Å². The first kappa shape index (κ1) is 13.1. The maximum atomic E-state index is 12.1. The molecule has 0 amide bonds. The van der Waals surface area contributed by atoms with E-state index >= 15 is 0 Å². The Hall–Kier alpha value is -0.910. The van der Waals surface area contributed by atoms with Crippen LogP contribution >= 0.6 is 11.6 Å². The fraction of sp³-hybridized carbons (Fsp3) is 0.692. The average molecular weight is 284 g/mol. The topological polar surface area (TPSA) is 47.4 Å². The first-order valence-electron chi connectivity index (χ1n) is 6.71. The van der Waals surface area contributed by atoms with Crippen molar-refractivity contribution in [3.8, 4) is 0 Å². The summed E-state index contributed by atoms with van der Waals surface area (Å²) in [7, 11) is 2.07. The Morgan fingerprint density at radius 3 is 3.00 bits per heavy atom. The van der Waals surface area contributed by atoms with Crippen LogP contribution < -0.4 is 5.56 Å². The van der Waals surface area contributed by atoms with Crippen LogP contribution in [0.15, 0.2) is 10.9 Å². The van der Waals surface area contributed by atoms with E-state index in [0.29, 0.717) is 17.6 Å². The molecule has 0 N–H and O–H groups in total. The van der Waals surface area contributed by atoms with Crippen molar-refractivity contribution in [2.45, 2.75) is 31.4 Å². The molecule has 104 valence electrons. The van der Waals surface area contributed by atoms with Crippen molar-refractivity contribution in [3.05, 3.63) is 27.4 Å². The molecule has 2 aliphatic rings. The van der Waals surface area contributed by atoms with Crippen molar-refractivity contribution in [3.63, 3.8) is 0 Å². The van der Waals surface area contributed by atoms with Gasteiger partial charge in [0.05, 0.1) is 19.3 Å². The zero-order chi connectivity index (χ0) is 13.4. The Kier molecular flexibility index (Phi) is 3.60. The predicted molar refractivity (Wildman–Crippen MR) is 72.7 cm³/mol. The quantitative estimate of drug-likeness (QED) is 0.780. The number of rotatable bonds is 3. The Bertz CT molecular complexity index is 527. The van der Waals surface area contributed by atoms with Crippen LogP contribution in [0.4, 0.5) is 0 Å². The fourth-order valence-electron chi connectivity index (χ4n) is 2.51. The molecule has 0 radical (unpaired) electrons. The number of hydrogen-bond acceptors (Lipinski definition) is 4. The molecule has 19 heavy (non-hydrogen) atoms. The van der Waals surface area contributed by atoms with Crippen molar-refractivity contribution < 1.29 is 4.74 Å². The largest absolute Gasteiger partial charge is 0.374 e. The predicted octanol–water partition coefficient (Wildman–Crippen LogP) is 1.10.